The minimum Gasteiger partial charge on any atom is -0.307 e. The SMILES string of the molecule is C#CC(C)(C)N1CC(c2ccccc2)NCC1CC. The molecule has 0 aromatic heterocycles. The predicted octanol–water partition coefficient (Wildman–Crippen LogP) is 2.82. The summed E-state index contributed by atoms with van der Waals surface area (Å²) in [6, 6.07) is 11.5. The highest BCUT2D eigenvalue weighted by atomic mass is 15.3. The highest BCUT2D eigenvalue weighted by Crippen LogP contribution is 2.27. The molecule has 1 fully saturated rings. The molecule has 2 rings (SSSR count). The summed E-state index contributed by atoms with van der Waals surface area (Å²) in [5.41, 5.74) is 1.16. The van der Waals surface area contributed by atoms with Crippen molar-refractivity contribution in [3.8, 4) is 12.3 Å². The Morgan fingerprint density at radius 1 is 1.37 bits per heavy atom. The van der Waals surface area contributed by atoms with Crippen LogP contribution in [0.1, 0.15) is 38.8 Å². The van der Waals surface area contributed by atoms with Crippen molar-refractivity contribution in [3.05, 3.63) is 35.9 Å². The van der Waals surface area contributed by atoms with Crippen molar-refractivity contribution in [1.29, 1.82) is 0 Å². The number of hydrogen-bond donors (Lipinski definition) is 1. The van der Waals surface area contributed by atoms with E-state index in [0.717, 1.165) is 19.5 Å². The molecule has 0 aliphatic carbocycles. The molecule has 102 valence electrons. The molecule has 0 saturated carbocycles. The van der Waals surface area contributed by atoms with E-state index in [-0.39, 0.29) is 5.54 Å². The van der Waals surface area contributed by atoms with Crippen LogP contribution in [0.3, 0.4) is 0 Å². The van der Waals surface area contributed by atoms with E-state index < -0.39 is 0 Å². The molecule has 0 bridgehead atoms. The van der Waals surface area contributed by atoms with E-state index in [1.807, 2.05) is 0 Å². The Bertz CT molecular complexity index is 444. The Morgan fingerprint density at radius 2 is 2.05 bits per heavy atom. The van der Waals surface area contributed by atoms with Crippen molar-refractivity contribution in [1.82, 2.24) is 10.2 Å². The first-order valence-corrected chi connectivity index (χ1v) is 7.11. The first-order chi connectivity index (χ1) is 9.08. The summed E-state index contributed by atoms with van der Waals surface area (Å²) < 4.78 is 0. The third kappa shape index (κ3) is 3.00. The molecule has 0 amide bonds. The third-order valence-corrected chi connectivity index (χ3v) is 4.16. The molecule has 1 N–H and O–H groups in total. The zero-order chi connectivity index (χ0) is 13.9. The van der Waals surface area contributed by atoms with Gasteiger partial charge in [-0.15, -0.1) is 6.42 Å². The van der Waals surface area contributed by atoms with Crippen LogP contribution in [-0.4, -0.2) is 29.6 Å². The second kappa shape index (κ2) is 5.77. The monoisotopic (exact) mass is 256 g/mol. The van der Waals surface area contributed by atoms with Crippen LogP contribution in [-0.2, 0) is 0 Å². The standard InChI is InChI=1S/C17H24N2/c1-5-15-12-18-16(14-10-8-7-9-11-14)13-19(15)17(3,4)6-2/h2,7-11,15-16,18H,5,12-13H2,1,3-4H3. The Morgan fingerprint density at radius 3 is 2.63 bits per heavy atom. The van der Waals surface area contributed by atoms with Crippen molar-refractivity contribution in [2.45, 2.75) is 44.8 Å². The number of nitrogens with zero attached hydrogens (tertiary/aromatic N) is 1. The summed E-state index contributed by atoms with van der Waals surface area (Å²) in [5, 5.41) is 3.65. The van der Waals surface area contributed by atoms with Gasteiger partial charge in [0, 0.05) is 25.2 Å². The summed E-state index contributed by atoms with van der Waals surface area (Å²) in [5.74, 6) is 2.95. The van der Waals surface area contributed by atoms with Crippen LogP contribution in [0.5, 0.6) is 0 Å². The van der Waals surface area contributed by atoms with E-state index in [1.165, 1.54) is 5.56 Å². The number of terminal acetylenes is 1. The molecule has 1 heterocycles. The molecule has 0 spiro atoms. The van der Waals surface area contributed by atoms with Crippen molar-refractivity contribution in [3.63, 3.8) is 0 Å². The molecule has 2 heteroatoms. The van der Waals surface area contributed by atoms with Crippen LogP contribution >= 0.6 is 0 Å². The Labute approximate surface area is 117 Å². The van der Waals surface area contributed by atoms with Crippen molar-refractivity contribution in [2.75, 3.05) is 13.1 Å². The van der Waals surface area contributed by atoms with Crippen LogP contribution in [0.2, 0.25) is 0 Å². The van der Waals surface area contributed by atoms with Crippen LogP contribution in [0.25, 0.3) is 0 Å². The number of nitrogens with one attached hydrogen (secondary N) is 1. The van der Waals surface area contributed by atoms with Gasteiger partial charge in [-0.1, -0.05) is 43.2 Å². The van der Waals surface area contributed by atoms with Gasteiger partial charge in [0.25, 0.3) is 0 Å². The maximum Gasteiger partial charge on any atom is 0.0769 e. The van der Waals surface area contributed by atoms with Gasteiger partial charge in [0.05, 0.1) is 5.54 Å². The third-order valence-electron chi connectivity index (χ3n) is 4.16. The lowest BCUT2D eigenvalue weighted by Gasteiger charge is -2.46. The van der Waals surface area contributed by atoms with Crippen molar-refractivity contribution < 1.29 is 0 Å². The fourth-order valence-corrected chi connectivity index (χ4v) is 2.84. The molecule has 1 aliphatic rings. The summed E-state index contributed by atoms with van der Waals surface area (Å²) in [6.07, 6.45) is 6.85. The fourth-order valence-electron chi connectivity index (χ4n) is 2.84. The van der Waals surface area contributed by atoms with E-state index in [2.05, 4.69) is 67.2 Å². The Hall–Kier alpha value is -1.30. The Kier molecular flexibility index (Phi) is 4.29. The highest BCUT2D eigenvalue weighted by molar-refractivity contribution is 5.21. The van der Waals surface area contributed by atoms with Crippen LogP contribution in [0.15, 0.2) is 30.3 Å². The Balaban J connectivity index is 2.19. The van der Waals surface area contributed by atoms with E-state index >= 15 is 0 Å². The average Bonchev–Trinajstić information content (AvgIpc) is 2.47. The molecule has 2 atom stereocenters. The average molecular weight is 256 g/mol. The van der Waals surface area contributed by atoms with Gasteiger partial charge in [0.2, 0.25) is 0 Å². The fraction of sp³-hybridized carbons (Fsp3) is 0.529. The molecule has 1 saturated heterocycles. The lowest BCUT2D eigenvalue weighted by molar-refractivity contribution is 0.0605. The number of rotatable bonds is 3. The van der Waals surface area contributed by atoms with E-state index in [1.54, 1.807) is 0 Å². The molecule has 2 unspecified atom stereocenters. The first kappa shape index (κ1) is 14.1. The van der Waals surface area contributed by atoms with Gasteiger partial charge in [0.15, 0.2) is 0 Å². The summed E-state index contributed by atoms with van der Waals surface area (Å²) >= 11 is 0. The topological polar surface area (TPSA) is 15.3 Å². The number of benzene rings is 1. The molecule has 19 heavy (non-hydrogen) atoms. The molecule has 1 aromatic carbocycles. The summed E-state index contributed by atoms with van der Waals surface area (Å²) in [4.78, 5) is 2.47. The lowest BCUT2D eigenvalue weighted by Crippen LogP contribution is -2.59. The molecular formula is C17H24N2. The minimum atomic E-state index is -0.185. The normalized spacial score (nSPS) is 24.9. The smallest absolute Gasteiger partial charge is 0.0769 e. The van der Waals surface area contributed by atoms with E-state index in [0.29, 0.717) is 12.1 Å². The molecular weight excluding hydrogens is 232 g/mol. The second-order valence-electron chi connectivity index (χ2n) is 5.79. The maximum atomic E-state index is 5.73. The van der Waals surface area contributed by atoms with E-state index in [9.17, 15) is 0 Å². The molecule has 1 aliphatic heterocycles. The van der Waals surface area contributed by atoms with Gasteiger partial charge < -0.3 is 5.32 Å². The number of hydrogen-bond acceptors (Lipinski definition) is 2. The summed E-state index contributed by atoms with van der Waals surface area (Å²) in [7, 11) is 0. The van der Waals surface area contributed by atoms with Crippen molar-refractivity contribution >= 4 is 0 Å². The quantitative estimate of drug-likeness (QED) is 0.837. The lowest BCUT2D eigenvalue weighted by atomic mass is 9.94. The molecule has 0 radical (unpaired) electrons. The zero-order valence-electron chi connectivity index (χ0n) is 12.2. The zero-order valence-corrected chi connectivity index (χ0v) is 12.2. The van der Waals surface area contributed by atoms with Crippen LogP contribution < -0.4 is 5.32 Å². The maximum absolute atomic E-state index is 5.73. The second-order valence-corrected chi connectivity index (χ2v) is 5.79. The number of piperazine rings is 1. The largest absolute Gasteiger partial charge is 0.307 e. The van der Waals surface area contributed by atoms with Crippen LogP contribution in [0.4, 0.5) is 0 Å². The predicted molar refractivity (Wildman–Crippen MR) is 80.9 cm³/mol. The van der Waals surface area contributed by atoms with E-state index in [4.69, 9.17) is 6.42 Å². The molecule has 2 nitrogen and oxygen atoms in total. The minimum absolute atomic E-state index is 0.185. The van der Waals surface area contributed by atoms with Gasteiger partial charge >= 0.3 is 0 Å². The van der Waals surface area contributed by atoms with Crippen LogP contribution in [0, 0.1) is 12.3 Å². The first-order valence-electron chi connectivity index (χ1n) is 7.11. The van der Waals surface area contributed by atoms with Gasteiger partial charge in [-0.2, -0.15) is 0 Å². The van der Waals surface area contributed by atoms with Gasteiger partial charge in [-0.3, -0.25) is 4.90 Å². The van der Waals surface area contributed by atoms with Gasteiger partial charge in [-0.25, -0.2) is 0 Å². The van der Waals surface area contributed by atoms with Gasteiger partial charge in [0.1, 0.15) is 0 Å². The van der Waals surface area contributed by atoms with Gasteiger partial charge in [-0.05, 0) is 25.8 Å². The van der Waals surface area contributed by atoms with Crippen molar-refractivity contribution in [2.24, 2.45) is 0 Å². The molecule has 1 aromatic rings. The summed E-state index contributed by atoms with van der Waals surface area (Å²) in [6.45, 7) is 8.49. The highest BCUT2D eigenvalue weighted by Gasteiger charge is 2.35.